The third-order valence-electron chi connectivity index (χ3n) is 5.91. The van der Waals surface area contributed by atoms with Crippen LogP contribution in [0.15, 0.2) is 42.5 Å². The fraction of sp³-hybridized carbons (Fsp3) is 0.391. The van der Waals surface area contributed by atoms with Crippen molar-refractivity contribution in [3.63, 3.8) is 0 Å². The van der Waals surface area contributed by atoms with E-state index in [0.29, 0.717) is 26.9 Å². The summed E-state index contributed by atoms with van der Waals surface area (Å²) < 4.78 is 0. The van der Waals surface area contributed by atoms with Crippen molar-refractivity contribution in [3.05, 3.63) is 63.6 Å². The van der Waals surface area contributed by atoms with Gasteiger partial charge in [-0.3, -0.25) is 9.59 Å². The van der Waals surface area contributed by atoms with Crippen LogP contribution in [0.4, 0.5) is 5.69 Å². The first-order chi connectivity index (χ1) is 13.9. The maximum atomic E-state index is 13.1. The third-order valence-corrected chi connectivity index (χ3v) is 6.47. The van der Waals surface area contributed by atoms with Crippen LogP contribution in [0.1, 0.15) is 54.9 Å². The summed E-state index contributed by atoms with van der Waals surface area (Å²) in [6, 6.07) is 11.8. The molecular formula is C23H27Cl3N2O2. The van der Waals surface area contributed by atoms with Gasteiger partial charge in [-0.15, -0.1) is 12.4 Å². The van der Waals surface area contributed by atoms with Crippen molar-refractivity contribution >= 4 is 53.0 Å². The number of carbonyl (C=O) groups excluding carboxylic acids is 2. The Morgan fingerprint density at radius 1 is 1.07 bits per heavy atom. The maximum Gasteiger partial charge on any atom is 0.240 e. The number of rotatable bonds is 7. The molecule has 0 radical (unpaired) electrons. The van der Waals surface area contributed by atoms with E-state index in [4.69, 9.17) is 23.2 Å². The van der Waals surface area contributed by atoms with E-state index in [2.05, 4.69) is 12.2 Å². The van der Waals surface area contributed by atoms with Crippen LogP contribution in [0.2, 0.25) is 10.0 Å². The van der Waals surface area contributed by atoms with Crippen LogP contribution in [-0.2, 0) is 4.79 Å². The predicted octanol–water partition coefficient (Wildman–Crippen LogP) is 5.92. The Kier molecular flexibility index (Phi) is 8.74. The quantitative estimate of drug-likeness (QED) is 0.512. The van der Waals surface area contributed by atoms with Crippen molar-refractivity contribution in [2.75, 3.05) is 18.5 Å². The zero-order valence-corrected chi connectivity index (χ0v) is 19.5. The van der Waals surface area contributed by atoms with Crippen LogP contribution < -0.4 is 10.2 Å². The van der Waals surface area contributed by atoms with Gasteiger partial charge >= 0.3 is 0 Å². The molecule has 0 heterocycles. The van der Waals surface area contributed by atoms with E-state index in [1.165, 1.54) is 17.7 Å². The van der Waals surface area contributed by atoms with Gasteiger partial charge in [0.15, 0.2) is 5.78 Å². The Labute approximate surface area is 194 Å². The summed E-state index contributed by atoms with van der Waals surface area (Å²) >= 11 is 12.4. The van der Waals surface area contributed by atoms with Crippen molar-refractivity contribution in [2.45, 2.75) is 44.6 Å². The van der Waals surface area contributed by atoms with E-state index < -0.39 is 0 Å². The van der Waals surface area contributed by atoms with Gasteiger partial charge in [0.25, 0.3) is 0 Å². The molecular weight excluding hydrogens is 443 g/mol. The molecule has 1 aliphatic rings. The molecule has 0 aromatic heterocycles. The van der Waals surface area contributed by atoms with Crippen LogP contribution in [0.25, 0.3) is 0 Å². The fourth-order valence-electron chi connectivity index (χ4n) is 4.00. The first kappa shape index (κ1) is 24.7. The van der Waals surface area contributed by atoms with Crippen LogP contribution in [-0.4, -0.2) is 30.8 Å². The standard InChI is InChI=1S/C23H26Cl2N2O2.ClH/c1-3-23(12-6-7-13-23)26-15-21(28)27(2)20-11-10-16(24)14-18(20)22(29)17-8-4-5-9-19(17)25;/h4-5,8-11,14,26H,3,6-7,12-13,15H2,1-2H3;1H. The number of carbonyl (C=O) groups is 2. The predicted molar refractivity (Wildman–Crippen MR) is 126 cm³/mol. The second-order valence-corrected chi connectivity index (χ2v) is 8.46. The van der Waals surface area contributed by atoms with Crippen LogP contribution >= 0.6 is 35.6 Å². The number of anilines is 1. The van der Waals surface area contributed by atoms with Gasteiger partial charge in [-0.25, -0.2) is 0 Å². The molecule has 4 nitrogen and oxygen atoms in total. The van der Waals surface area contributed by atoms with Crippen LogP contribution in [0, 0.1) is 0 Å². The fourth-order valence-corrected chi connectivity index (χ4v) is 4.39. The lowest BCUT2D eigenvalue weighted by molar-refractivity contribution is -0.117. The van der Waals surface area contributed by atoms with E-state index in [1.807, 2.05) is 0 Å². The monoisotopic (exact) mass is 468 g/mol. The lowest BCUT2D eigenvalue weighted by Crippen LogP contribution is -2.47. The lowest BCUT2D eigenvalue weighted by atomic mass is 9.94. The van der Waals surface area contributed by atoms with Gasteiger partial charge in [0.2, 0.25) is 5.91 Å². The van der Waals surface area contributed by atoms with Crippen molar-refractivity contribution in [1.82, 2.24) is 5.32 Å². The first-order valence-electron chi connectivity index (χ1n) is 9.97. The van der Waals surface area contributed by atoms with Gasteiger partial charge in [-0.05, 0) is 49.6 Å². The molecule has 0 aliphatic heterocycles. The van der Waals surface area contributed by atoms with Gasteiger partial charge in [0, 0.05) is 28.7 Å². The number of hydrogen-bond acceptors (Lipinski definition) is 3. The van der Waals surface area contributed by atoms with E-state index in [9.17, 15) is 9.59 Å². The van der Waals surface area contributed by atoms with Crippen molar-refractivity contribution < 1.29 is 9.59 Å². The number of ketones is 1. The molecule has 2 aromatic rings. The summed E-state index contributed by atoms with van der Waals surface area (Å²) in [5, 5.41) is 4.27. The molecule has 162 valence electrons. The zero-order chi connectivity index (χ0) is 21.0. The molecule has 0 saturated heterocycles. The highest BCUT2D eigenvalue weighted by Gasteiger charge is 2.32. The number of hydrogen-bond donors (Lipinski definition) is 1. The van der Waals surface area contributed by atoms with Gasteiger partial charge in [0.1, 0.15) is 0 Å². The van der Waals surface area contributed by atoms with Crippen LogP contribution in [0.5, 0.6) is 0 Å². The van der Waals surface area contributed by atoms with Gasteiger partial charge < -0.3 is 10.2 Å². The molecule has 7 heteroatoms. The largest absolute Gasteiger partial charge is 0.314 e. The van der Waals surface area contributed by atoms with Crippen molar-refractivity contribution in [2.24, 2.45) is 0 Å². The molecule has 30 heavy (non-hydrogen) atoms. The Bertz CT molecular complexity index is 911. The normalized spacial score (nSPS) is 14.8. The highest BCUT2D eigenvalue weighted by Crippen LogP contribution is 2.32. The van der Waals surface area contributed by atoms with Crippen molar-refractivity contribution in [1.29, 1.82) is 0 Å². The van der Waals surface area contributed by atoms with Crippen molar-refractivity contribution in [3.8, 4) is 0 Å². The highest BCUT2D eigenvalue weighted by atomic mass is 35.5. The maximum absolute atomic E-state index is 13.1. The number of nitrogens with one attached hydrogen (secondary N) is 1. The Hall–Kier alpha value is -1.59. The zero-order valence-electron chi connectivity index (χ0n) is 17.2. The molecule has 1 saturated carbocycles. The number of halogens is 3. The number of likely N-dealkylation sites (N-methyl/N-ethyl adjacent to an activating group) is 1. The molecule has 1 N–H and O–H groups in total. The average Bonchev–Trinajstić information content (AvgIpc) is 3.21. The van der Waals surface area contributed by atoms with E-state index in [-0.39, 0.29) is 36.2 Å². The Balaban J connectivity index is 0.00000320. The Morgan fingerprint density at radius 3 is 2.37 bits per heavy atom. The molecule has 0 unspecified atom stereocenters. The molecule has 0 bridgehead atoms. The minimum Gasteiger partial charge on any atom is -0.314 e. The Morgan fingerprint density at radius 2 is 1.73 bits per heavy atom. The number of benzene rings is 2. The van der Waals surface area contributed by atoms with Gasteiger partial charge in [-0.2, -0.15) is 0 Å². The third kappa shape index (κ3) is 5.36. The smallest absolute Gasteiger partial charge is 0.240 e. The second kappa shape index (κ2) is 10.6. The topological polar surface area (TPSA) is 49.4 Å². The van der Waals surface area contributed by atoms with Gasteiger partial charge in [0.05, 0.1) is 17.3 Å². The minimum absolute atomic E-state index is 0. The van der Waals surface area contributed by atoms with Crippen LogP contribution in [0.3, 0.4) is 0 Å². The molecule has 1 fully saturated rings. The molecule has 0 spiro atoms. The molecule has 1 aliphatic carbocycles. The average molecular weight is 470 g/mol. The number of amides is 1. The highest BCUT2D eigenvalue weighted by molar-refractivity contribution is 6.36. The van der Waals surface area contributed by atoms with E-state index in [1.54, 1.807) is 49.5 Å². The first-order valence-corrected chi connectivity index (χ1v) is 10.7. The number of nitrogens with zero attached hydrogens (tertiary/aromatic N) is 1. The van der Waals surface area contributed by atoms with E-state index in [0.717, 1.165) is 19.3 Å². The summed E-state index contributed by atoms with van der Waals surface area (Å²) in [7, 11) is 1.68. The van der Waals surface area contributed by atoms with E-state index >= 15 is 0 Å². The summed E-state index contributed by atoms with van der Waals surface area (Å²) in [4.78, 5) is 27.6. The summed E-state index contributed by atoms with van der Waals surface area (Å²) in [5.41, 5.74) is 1.30. The van der Waals surface area contributed by atoms with Gasteiger partial charge in [-0.1, -0.05) is 55.1 Å². The lowest BCUT2D eigenvalue weighted by Gasteiger charge is -2.30. The minimum atomic E-state index is -0.262. The second-order valence-electron chi connectivity index (χ2n) is 7.62. The summed E-state index contributed by atoms with van der Waals surface area (Å²) in [6.45, 7) is 2.39. The molecule has 2 aromatic carbocycles. The SMILES string of the molecule is CCC1(NCC(=O)N(C)c2ccc(Cl)cc2C(=O)c2ccccc2Cl)CCCC1.Cl. The summed E-state index contributed by atoms with van der Waals surface area (Å²) in [5.74, 6) is -0.359. The summed E-state index contributed by atoms with van der Waals surface area (Å²) in [6.07, 6.45) is 5.58. The molecule has 3 rings (SSSR count). The molecule has 1 amide bonds. The molecule has 0 atom stereocenters.